The van der Waals surface area contributed by atoms with Gasteiger partial charge in [0.1, 0.15) is 17.6 Å². The van der Waals surface area contributed by atoms with Crippen molar-refractivity contribution in [1.82, 2.24) is 40.2 Å². The molecule has 6 rings (SSSR count). The van der Waals surface area contributed by atoms with Crippen molar-refractivity contribution in [2.24, 2.45) is 7.05 Å². The van der Waals surface area contributed by atoms with Crippen LogP contribution in [0.25, 0.3) is 22.6 Å². The number of fused-ring (bicyclic) bond motifs is 3. The van der Waals surface area contributed by atoms with Crippen molar-refractivity contribution in [3.63, 3.8) is 0 Å². The number of carbonyl (C=O) groups is 1. The first-order chi connectivity index (χ1) is 15.6. The highest BCUT2D eigenvalue weighted by Gasteiger charge is 2.48. The number of hydrogen-bond acceptors (Lipinski definition) is 8. The molecule has 2 aliphatic heterocycles. The summed E-state index contributed by atoms with van der Waals surface area (Å²) in [5.74, 6) is -0.0462. The van der Waals surface area contributed by atoms with E-state index in [1.807, 2.05) is 0 Å². The summed E-state index contributed by atoms with van der Waals surface area (Å²) in [6.45, 7) is 0.387. The molecule has 0 bridgehead atoms. The van der Waals surface area contributed by atoms with Crippen molar-refractivity contribution in [3.05, 3.63) is 54.2 Å². The lowest BCUT2D eigenvalue weighted by atomic mass is 10.00. The standard InChI is InChI=1S/C20H16FN9O2/c1-28-25-19(24-27-28)15-3-2-11(9-22-15)13-6-12-7-17-18(10-29-5-4-23-26-29)32-20(31)30(17)16(12)8-14(13)21/h2-6,8-9,17-18H,7,10H2,1H3/t17?,18-/m0/s1. The normalized spacial score (nSPS) is 19.2. The fraction of sp³-hybridized carbons (Fsp3) is 0.250. The lowest BCUT2D eigenvalue weighted by Gasteiger charge is -2.16. The average molecular weight is 433 g/mol. The molecule has 3 aromatic heterocycles. The Morgan fingerprint density at radius 1 is 1.25 bits per heavy atom. The molecular formula is C20H16FN9O2. The van der Waals surface area contributed by atoms with Crippen LogP contribution < -0.4 is 4.90 Å². The van der Waals surface area contributed by atoms with Crippen LogP contribution in [0.15, 0.2) is 42.9 Å². The number of anilines is 1. The van der Waals surface area contributed by atoms with Crippen molar-refractivity contribution in [3.8, 4) is 22.6 Å². The highest BCUT2D eigenvalue weighted by molar-refractivity contribution is 5.94. The van der Waals surface area contributed by atoms with E-state index in [0.29, 0.717) is 41.3 Å². The molecule has 160 valence electrons. The highest BCUT2D eigenvalue weighted by Crippen LogP contribution is 2.42. The minimum absolute atomic E-state index is 0.223. The molecule has 0 radical (unpaired) electrons. The molecule has 4 aromatic rings. The Balaban J connectivity index is 1.30. The Morgan fingerprint density at radius 3 is 2.88 bits per heavy atom. The number of carbonyl (C=O) groups excluding carboxylic acids is 1. The number of hydrogen-bond donors (Lipinski definition) is 0. The molecule has 1 aromatic carbocycles. The molecule has 1 unspecified atom stereocenters. The second kappa shape index (κ2) is 6.90. The van der Waals surface area contributed by atoms with Crippen LogP contribution >= 0.6 is 0 Å². The number of tetrazole rings is 1. The highest BCUT2D eigenvalue weighted by atomic mass is 19.1. The first-order valence-electron chi connectivity index (χ1n) is 9.94. The minimum Gasteiger partial charge on any atom is -0.442 e. The number of rotatable bonds is 4. The summed E-state index contributed by atoms with van der Waals surface area (Å²) in [5, 5.41) is 19.6. The second-order valence-electron chi connectivity index (χ2n) is 7.68. The second-order valence-corrected chi connectivity index (χ2v) is 7.68. The lowest BCUT2D eigenvalue weighted by Crippen LogP contribution is -2.35. The fourth-order valence-corrected chi connectivity index (χ4v) is 4.25. The zero-order valence-corrected chi connectivity index (χ0v) is 16.8. The van der Waals surface area contributed by atoms with E-state index in [-0.39, 0.29) is 6.04 Å². The van der Waals surface area contributed by atoms with Crippen LogP contribution in [0.3, 0.4) is 0 Å². The van der Waals surface area contributed by atoms with Crippen molar-refractivity contribution in [1.29, 1.82) is 0 Å². The molecule has 32 heavy (non-hydrogen) atoms. The molecule has 5 heterocycles. The predicted octanol–water partition coefficient (Wildman–Crippen LogP) is 1.62. The number of cyclic esters (lactones) is 1. The molecule has 1 amide bonds. The molecule has 12 heteroatoms. The van der Waals surface area contributed by atoms with Crippen LogP contribution in [-0.4, -0.2) is 58.4 Å². The van der Waals surface area contributed by atoms with Crippen LogP contribution in [0.5, 0.6) is 0 Å². The summed E-state index contributed by atoms with van der Waals surface area (Å²) in [4.78, 5) is 19.7. The van der Waals surface area contributed by atoms with Crippen molar-refractivity contribution >= 4 is 11.8 Å². The van der Waals surface area contributed by atoms with E-state index in [0.717, 1.165) is 5.56 Å². The van der Waals surface area contributed by atoms with Crippen LogP contribution in [0.4, 0.5) is 14.9 Å². The molecule has 11 nitrogen and oxygen atoms in total. The molecule has 0 aliphatic carbocycles. The number of amides is 1. The van der Waals surface area contributed by atoms with E-state index in [4.69, 9.17) is 4.74 Å². The molecule has 1 fully saturated rings. The molecule has 0 saturated carbocycles. The van der Waals surface area contributed by atoms with Crippen LogP contribution in [0.2, 0.25) is 0 Å². The topological polar surface area (TPSA) is 117 Å². The zero-order chi connectivity index (χ0) is 21.8. The summed E-state index contributed by atoms with van der Waals surface area (Å²) < 4.78 is 22.2. The van der Waals surface area contributed by atoms with Gasteiger partial charge in [-0.1, -0.05) is 11.3 Å². The monoisotopic (exact) mass is 433 g/mol. The third kappa shape index (κ3) is 2.91. The predicted molar refractivity (Wildman–Crippen MR) is 108 cm³/mol. The Hall–Kier alpha value is -4.22. The zero-order valence-electron chi connectivity index (χ0n) is 16.8. The molecule has 2 atom stereocenters. The maximum Gasteiger partial charge on any atom is 0.415 e. The van der Waals surface area contributed by atoms with Crippen LogP contribution in [0.1, 0.15) is 5.56 Å². The Morgan fingerprint density at radius 2 is 2.16 bits per heavy atom. The van der Waals surface area contributed by atoms with Gasteiger partial charge in [0.05, 0.1) is 31.5 Å². The number of benzene rings is 1. The van der Waals surface area contributed by atoms with Gasteiger partial charge in [0.25, 0.3) is 0 Å². The number of pyridine rings is 1. The van der Waals surface area contributed by atoms with Gasteiger partial charge in [0.15, 0.2) is 0 Å². The summed E-state index contributed by atoms with van der Waals surface area (Å²) in [6.07, 6.45) is 4.54. The van der Waals surface area contributed by atoms with Crippen molar-refractivity contribution < 1.29 is 13.9 Å². The SMILES string of the molecule is Cn1nnc(-c2ccc(-c3cc4c(cc3F)N3C(=O)O[C@@H](Cn5ccnn5)C3C4)cn2)n1. The number of nitrogens with zero attached hydrogens (tertiary/aromatic N) is 9. The van der Waals surface area contributed by atoms with Crippen LogP contribution in [-0.2, 0) is 24.8 Å². The van der Waals surface area contributed by atoms with E-state index in [9.17, 15) is 4.79 Å². The first-order valence-corrected chi connectivity index (χ1v) is 9.94. The van der Waals surface area contributed by atoms with Gasteiger partial charge in [-0.2, -0.15) is 4.80 Å². The van der Waals surface area contributed by atoms with Crippen molar-refractivity contribution in [2.75, 3.05) is 4.90 Å². The summed E-state index contributed by atoms with van der Waals surface area (Å²) >= 11 is 0. The Bertz CT molecular complexity index is 1320. The van der Waals surface area contributed by atoms with Crippen LogP contribution in [0, 0.1) is 5.82 Å². The average Bonchev–Trinajstić information content (AvgIpc) is 3.56. The molecule has 0 spiro atoms. The summed E-state index contributed by atoms with van der Waals surface area (Å²) in [5.41, 5.74) is 2.99. The van der Waals surface area contributed by atoms with Gasteiger partial charge in [-0.25, -0.2) is 13.9 Å². The van der Waals surface area contributed by atoms with Gasteiger partial charge in [-0.05, 0) is 35.4 Å². The van der Waals surface area contributed by atoms with Gasteiger partial charge in [0, 0.05) is 23.5 Å². The van der Waals surface area contributed by atoms with Gasteiger partial charge < -0.3 is 4.74 Å². The number of aromatic nitrogens is 8. The number of halogens is 1. The van der Waals surface area contributed by atoms with Gasteiger partial charge >= 0.3 is 6.09 Å². The molecule has 0 N–H and O–H groups in total. The fourth-order valence-electron chi connectivity index (χ4n) is 4.25. The van der Waals surface area contributed by atoms with E-state index in [1.54, 1.807) is 48.5 Å². The summed E-state index contributed by atoms with van der Waals surface area (Å²) in [7, 11) is 1.67. The van der Waals surface area contributed by atoms with Crippen molar-refractivity contribution in [2.45, 2.75) is 25.1 Å². The summed E-state index contributed by atoms with van der Waals surface area (Å²) in [6, 6.07) is 6.44. The quantitative estimate of drug-likeness (QED) is 0.477. The smallest absolute Gasteiger partial charge is 0.415 e. The molecular weight excluding hydrogens is 417 g/mol. The lowest BCUT2D eigenvalue weighted by molar-refractivity contribution is 0.117. The Labute approximate surface area is 180 Å². The first kappa shape index (κ1) is 18.5. The third-order valence-electron chi connectivity index (χ3n) is 5.72. The largest absolute Gasteiger partial charge is 0.442 e. The van der Waals surface area contributed by atoms with E-state index >= 15 is 4.39 Å². The number of ether oxygens (including phenoxy) is 1. The van der Waals surface area contributed by atoms with Gasteiger partial charge in [-0.3, -0.25) is 9.88 Å². The van der Waals surface area contributed by atoms with Gasteiger partial charge in [-0.15, -0.1) is 15.3 Å². The third-order valence-corrected chi connectivity index (χ3v) is 5.72. The molecule has 2 aliphatic rings. The molecule has 1 saturated heterocycles. The maximum atomic E-state index is 15.1. The number of aryl methyl sites for hydroxylation is 1. The minimum atomic E-state index is -0.478. The van der Waals surface area contributed by atoms with E-state index in [2.05, 4.69) is 30.7 Å². The van der Waals surface area contributed by atoms with Gasteiger partial charge in [0.2, 0.25) is 5.82 Å². The van der Waals surface area contributed by atoms with E-state index in [1.165, 1.54) is 15.8 Å². The maximum absolute atomic E-state index is 15.1. The Kier molecular flexibility index (Phi) is 4.00. The van der Waals surface area contributed by atoms with E-state index < -0.39 is 18.0 Å².